The lowest BCUT2D eigenvalue weighted by molar-refractivity contribution is -0.385. The number of nitrogens with zero attached hydrogens (tertiary/aromatic N) is 3. The van der Waals surface area contributed by atoms with Crippen molar-refractivity contribution in [1.82, 2.24) is 15.1 Å². The monoisotopic (exact) mass is 352 g/mol. The van der Waals surface area contributed by atoms with E-state index in [1.54, 1.807) is 23.0 Å². The van der Waals surface area contributed by atoms with Crippen LogP contribution in [-0.4, -0.2) is 21.2 Å². The van der Waals surface area contributed by atoms with Crippen molar-refractivity contribution >= 4 is 21.6 Å². The number of hydrogen-bond acceptors (Lipinski definition) is 4. The van der Waals surface area contributed by atoms with Crippen LogP contribution in [0.3, 0.4) is 0 Å². The number of nitro groups is 1. The van der Waals surface area contributed by atoms with Gasteiger partial charge in [-0.2, -0.15) is 5.10 Å². The minimum Gasteiger partial charge on any atom is -0.313 e. The van der Waals surface area contributed by atoms with Crippen LogP contribution in [-0.2, 0) is 13.1 Å². The van der Waals surface area contributed by atoms with Crippen LogP contribution in [0.15, 0.2) is 35.1 Å². The van der Waals surface area contributed by atoms with Crippen molar-refractivity contribution in [3.05, 3.63) is 56.3 Å². The summed E-state index contributed by atoms with van der Waals surface area (Å²) in [5.74, 6) is 0. The Balaban J connectivity index is 2.10. The third kappa shape index (κ3) is 4.37. The first kappa shape index (κ1) is 15.7. The number of aromatic nitrogens is 2. The van der Waals surface area contributed by atoms with E-state index in [-0.39, 0.29) is 10.6 Å². The molecule has 0 saturated carbocycles. The van der Waals surface area contributed by atoms with Crippen LogP contribution in [0.4, 0.5) is 5.69 Å². The lowest BCUT2D eigenvalue weighted by Crippen LogP contribution is -2.13. The molecule has 0 spiro atoms. The zero-order valence-electron chi connectivity index (χ0n) is 11.8. The molecule has 0 saturated heterocycles. The highest BCUT2D eigenvalue weighted by Gasteiger charge is 2.14. The second-order valence-corrected chi connectivity index (χ2v) is 5.67. The predicted molar refractivity (Wildman–Crippen MR) is 84.1 cm³/mol. The summed E-state index contributed by atoms with van der Waals surface area (Å²) in [6, 6.07) is 5.07. The Morgan fingerprint density at radius 2 is 2.29 bits per heavy atom. The maximum atomic E-state index is 11.1. The quantitative estimate of drug-likeness (QED) is 0.472. The standard InChI is InChI=1S/C14H17BrN4O2/c1-2-5-16-7-11-8-17-18(9-11)10-12-3-4-13(15)6-14(12)19(20)21/h3-4,6,8-9,16H,2,5,7,10H2,1H3. The van der Waals surface area contributed by atoms with Gasteiger partial charge in [0.05, 0.1) is 23.2 Å². The van der Waals surface area contributed by atoms with Crippen LogP contribution >= 0.6 is 15.9 Å². The van der Waals surface area contributed by atoms with E-state index in [4.69, 9.17) is 0 Å². The normalized spacial score (nSPS) is 10.8. The fraction of sp³-hybridized carbons (Fsp3) is 0.357. The molecule has 7 heteroatoms. The van der Waals surface area contributed by atoms with Gasteiger partial charge >= 0.3 is 0 Å². The summed E-state index contributed by atoms with van der Waals surface area (Å²) in [6.45, 7) is 4.22. The molecule has 0 bridgehead atoms. The van der Waals surface area contributed by atoms with Gasteiger partial charge in [-0.05, 0) is 25.1 Å². The highest BCUT2D eigenvalue weighted by atomic mass is 79.9. The van der Waals surface area contributed by atoms with Crippen LogP contribution in [0, 0.1) is 10.1 Å². The van der Waals surface area contributed by atoms with Gasteiger partial charge in [0.2, 0.25) is 0 Å². The predicted octanol–water partition coefficient (Wildman–Crippen LogP) is 3.10. The molecule has 21 heavy (non-hydrogen) atoms. The summed E-state index contributed by atoms with van der Waals surface area (Å²) in [7, 11) is 0. The van der Waals surface area contributed by atoms with Crippen molar-refractivity contribution in [3.8, 4) is 0 Å². The van der Waals surface area contributed by atoms with Gasteiger partial charge in [0.15, 0.2) is 0 Å². The third-order valence-electron chi connectivity index (χ3n) is 3.02. The van der Waals surface area contributed by atoms with E-state index in [0.29, 0.717) is 16.6 Å². The highest BCUT2D eigenvalue weighted by molar-refractivity contribution is 9.10. The summed E-state index contributed by atoms with van der Waals surface area (Å²) in [4.78, 5) is 10.7. The first-order valence-electron chi connectivity index (χ1n) is 6.75. The molecule has 0 unspecified atom stereocenters. The molecule has 0 aliphatic rings. The van der Waals surface area contributed by atoms with Crippen molar-refractivity contribution in [2.75, 3.05) is 6.54 Å². The Kier molecular flexibility index (Phi) is 5.46. The number of benzene rings is 1. The number of rotatable bonds is 7. The Labute approximate surface area is 131 Å². The lowest BCUT2D eigenvalue weighted by atomic mass is 10.2. The largest absolute Gasteiger partial charge is 0.313 e. The zero-order valence-corrected chi connectivity index (χ0v) is 13.3. The lowest BCUT2D eigenvalue weighted by Gasteiger charge is -2.04. The van der Waals surface area contributed by atoms with E-state index in [2.05, 4.69) is 33.3 Å². The van der Waals surface area contributed by atoms with E-state index in [1.807, 2.05) is 6.20 Å². The Bertz CT molecular complexity index is 627. The van der Waals surface area contributed by atoms with Crippen LogP contribution < -0.4 is 5.32 Å². The Hall–Kier alpha value is -1.73. The van der Waals surface area contributed by atoms with Crippen LogP contribution in [0.25, 0.3) is 0 Å². The first-order chi connectivity index (χ1) is 10.1. The van der Waals surface area contributed by atoms with Crippen LogP contribution in [0.5, 0.6) is 0 Å². The molecular formula is C14H17BrN4O2. The van der Waals surface area contributed by atoms with Crippen molar-refractivity contribution in [3.63, 3.8) is 0 Å². The molecule has 6 nitrogen and oxygen atoms in total. The van der Waals surface area contributed by atoms with E-state index >= 15 is 0 Å². The number of halogens is 1. The Morgan fingerprint density at radius 1 is 1.48 bits per heavy atom. The third-order valence-corrected chi connectivity index (χ3v) is 3.51. The SMILES string of the molecule is CCCNCc1cnn(Cc2ccc(Br)cc2[N+](=O)[O-])c1. The average Bonchev–Trinajstić information content (AvgIpc) is 2.88. The summed E-state index contributed by atoms with van der Waals surface area (Å²) in [5, 5.41) is 18.6. The van der Waals surface area contributed by atoms with Gasteiger partial charge in [0, 0.05) is 28.8 Å². The molecule has 1 heterocycles. The summed E-state index contributed by atoms with van der Waals surface area (Å²) in [6.07, 6.45) is 4.78. The van der Waals surface area contributed by atoms with Crippen LogP contribution in [0.2, 0.25) is 0 Å². The molecule has 0 amide bonds. The zero-order chi connectivity index (χ0) is 15.2. The topological polar surface area (TPSA) is 73.0 Å². The fourth-order valence-corrected chi connectivity index (χ4v) is 2.36. The number of nitro benzene ring substituents is 1. The Morgan fingerprint density at radius 3 is 3.00 bits per heavy atom. The van der Waals surface area contributed by atoms with Gasteiger partial charge in [0.1, 0.15) is 0 Å². The molecule has 2 aromatic rings. The molecule has 0 radical (unpaired) electrons. The maximum absolute atomic E-state index is 11.1. The number of nitrogens with one attached hydrogen (secondary N) is 1. The van der Waals surface area contributed by atoms with E-state index in [1.165, 1.54) is 6.07 Å². The van der Waals surface area contributed by atoms with Gasteiger partial charge in [-0.3, -0.25) is 14.8 Å². The first-order valence-corrected chi connectivity index (χ1v) is 7.54. The summed E-state index contributed by atoms with van der Waals surface area (Å²) in [5.41, 5.74) is 1.81. The van der Waals surface area contributed by atoms with E-state index < -0.39 is 0 Å². The maximum Gasteiger partial charge on any atom is 0.275 e. The molecule has 0 aliphatic carbocycles. The second-order valence-electron chi connectivity index (χ2n) is 4.75. The van der Waals surface area contributed by atoms with Gasteiger partial charge < -0.3 is 5.32 Å². The molecule has 1 aromatic heterocycles. The van der Waals surface area contributed by atoms with Crippen molar-refractivity contribution in [2.45, 2.75) is 26.4 Å². The highest BCUT2D eigenvalue weighted by Crippen LogP contribution is 2.24. The molecular weight excluding hydrogens is 336 g/mol. The minimum absolute atomic E-state index is 0.102. The second kappa shape index (κ2) is 7.33. The molecule has 112 valence electrons. The van der Waals surface area contributed by atoms with Crippen molar-refractivity contribution < 1.29 is 4.92 Å². The molecule has 0 fully saturated rings. The van der Waals surface area contributed by atoms with Crippen molar-refractivity contribution in [1.29, 1.82) is 0 Å². The van der Waals surface area contributed by atoms with E-state index in [9.17, 15) is 10.1 Å². The molecule has 2 rings (SSSR count). The molecule has 0 atom stereocenters. The van der Waals surface area contributed by atoms with Gasteiger partial charge in [0.25, 0.3) is 5.69 Å². The van der Waals surface area contributed by atoms with E-state index in [0.717, 1.165) is 25.1 Å². The smallest absolute Gasteiger partial charge is 0.275 e. The van der Waals surface area contributed by atoms with Crippen LogP contribution in [0.1, 0.15) is 24.5 Å². The molecule has 1 aromatic carbocycles. The fourth-order valence-electron chi connectivity index (χ4n) is 2.01. The average molecular weight is 353 g/mol. The van der Waals surface area contributed by atoms with Gasteiger partial charge in [-0.15, -0.1) is 0 Å². The molecule has 1 N–H and O–H groups in total. The number of hydrogen-bond donors (Lipinski definition) is 1. The van der Waals surface area contributed by atoms with Gasteiger partial charge in [-0.1, -0.05) is 22.9 Å². The summed E-state index contributed by atoms with van der Waals surface area (Å²) < 4.78 is 2.42. The van der Waals surface area contributed by atoms with Gasteiger partial charge in [-0.25, -0.2) is 0 Å². The summed E-state index contributed by atoms with van der Waals surface area (Å²) >= 11 is 3.25. The minimum atomic E-state index is -0.368. The van der Waals surface area contributed by atoms with Crippen molar-refractivity contribution in [2.24, 2.45) is 0 Å². The molecule has 0 aliphatic heterocycles.